The Morgan fingerprint density at radius 1 is 1.00 bits per heavy atom. The van der Waals surface area contributed by atoms with Gasteiger partial charge in [0.25, 0.3) is 0 Å². The molecule has 8 unspecified atom stereocenters. The summed E-state index contributed by atoms with van der Waals surface area (Å²) in [5, 5.41) is 0. The van der Waals surface area contributed by atoms with Crippen molar-refractivity contribution in [3.05, 3.63) is 24.3 Å². The van der Waals surface area contributed by atoms with Gasteiger partial charge in [-0.25, -0.2) is 0 Å². The van der Waals surface area contributed by atoms with Gasteiger partial charge in [0.2, 0.25) is 0 Å². The number of carbonyl (C=O) groups is 1. The first kappa shape index (κ1) is 10.6. The highest BCUT2D eigenvalue weighted by Gasteiger charge is 2.98. The highest BCUT2D eigenvalue weighted by Crippen LogP contribution is 2.97. The fourth-order valence-electron chi connectivity index (χ4n) is 8.40. The monoisotopic (exact) mass is 300 g/mol. The second kappa shape index (κ2) is 2.62. The average molecular weight is 300 g/mol. The van der Waals surface area contributed by atoms with Gasteiger partial charge in [0.1, 0.15) is 5.78 Å². The van der Waals surface area contributed by atoms with Gasteiger partial charge in [-0.3, -0.25) is 4.79 Å². The van der Waals surface area contributed by atoms with Gasteiger partial charge in [0.15, 0.2) is 0 Å². The molecular weight excluding hydrogens is 284 g/mol. The number of carbonyl (C=O) groups excluding carboxylic acids is 1. The summed E-state index contributed by atoms with van der Waals surface area (Å²) in [6.07, 6.45) is 10.7. The smallest absolute Gasteiger partial charge is 0.147 e. The van der Waals surface area contributed by atoms with Crippen LogP contribution in [0.3, 0.4) is 0 Å². The molecule has 6 fully saturated rings. The molecule has 0 aromatic carbocycles. The third kappa shape index (κ3) is 0.601. The third-order valence-corrected chi connectivity index (χ3v) is 12.0. The first-order chi connectivity index (χ1) is 9.80. The minimum atomic E-state index is -0.0617. The van der Waals surface area contributed by atoms with Crippen LogP contribution >= 0.6 is 23.5 Å². The largest absolute Gasteiger partial charge is 0.298 e. The van der Waals surface area contributed by atoms with Crippen LogP contribution in [0.5, 0.6) is 0 Å². The van der Waals surface area contributed by atoms with E-state index in [0.717, 1.165) is 23.7 Å². The maximum atomic E-state index is 13.3. The molecule has 7 aliphatic rings. The van der Waals surface area contributed by atoms with Crippen molar-refractivity contribution in [2.75, 3.05) is 11.5 Å². The maximum absolute atomic E-state index is 13.3. The van der Waals surface area contributed by atoms with E-state index >= 15 is 0 Å². The Balaban J connectivity index is 1.66. The summed E-state index contributed by atoms with van der Waals surface area (Å²) in [7, 11) is 0. The molecule has 6 aliphatic carbocycles. The van der Waals surface area contributed by atoms with E-state index < -0.39 is 0 Å². The molecule has 3 spiro atoms. The van der Waals surface area contributed by atoms with Gasteiger partial charge in [-0.1, -0.05) is 24.3 Å². The van der Waals surface area contributed by atoms with Crippen LogP contribution < -0.4 is 0 Å². The van der Waals surface area contributed by atoms with Crippen LogP contribution in [-0.4, -0.2) is 21.4 Å². The quantitative estimate of drug-likeness (QED) is 0.684. The molecule has 1 aliphatic heterocycles. The van der Waals surface area contributed by atoms with Crippen LogP contribution in [0.15, 0.2) is 24.3 Å². The van der Waals surface area contributed by atoms with Crippen molar-refractivity contribution in [2.24, 2.45) is 46.3 Å². The van der Waals surface area contributed by atoms with Gasteiger partial charge in [0.05, 0.1) is 9.49 Å². The fraction of sp³-hybridized carbons (Fsp3) is 0.706. The van der Waals surface area contributed by atoms with E-state index in [4.69, 9.17) is 0 Å². The summed E-state index contributed by atoms with van der Waals surface area (Å²) in [6, 6.07) is 0. The van der Waals surface area contributed by atoms with Crippen LogP contribution in [0, 0.1) is 46.3 Å². The fourth-order valence-corrected chi connectivity index (χ4v) is 12.8. The van der Waals surface area contributed by atoms with Gasteiger partial charge in [-0.05, 0) is 36.0 Å². The average Bonchev–Trinajstić information content (AvgIpc) is 3.14. The molecule has 0 radical (unpaired) electrons. The number of fused-ring (bicyclic) bond motifs is 2. The van der Waals surface area contributed by atoms with Crippen molar-refractivity contribution in [3.63, 3.8) is 0 Å². The Morgan fingerprint density at radius 3 is 2.65 bits per heavy atom. The molecule has 1 heterocycles. The maximum Gasteiger partial charge on any atom is 0.147 e. The van der Waals surface area contributed by atoms with Gasteiger partial charge >= 0.3 is 0 Å². The molecule has 0 N–H and O–H groups in total. The lowest BCUT2D eigenvalue weighted by Crippen LogP contribution is -2.70. The number of rotatable bonds is 0. The molecule has 5 saturated carbocycles. The lowest BCUT2D eigenvalue weighted by molar-refractivity contribution is -0.156. The predicted molar refractivity (Wildman–Crippen MR) is 81.4 cm³/mol. The van der Waals surface area contributed by atoms with Crippen LogP contribution in [0.25, 0.3) is 0 Å². The van der Waals surface area contributed by atoms with Crippen molar-refractivity contribution < 1.29 is 4.79 Å². The van der Waals surface area contributed by atoms with E-state index in [1.54, 1.807) is 0 Å². The van der Waals surface area contributed by atoms with Crippen molar-refractivity contribution in [2.45, 2.75) is 10.5 Å². The number of allylic oxidation sites excluding steroid dienone is 4. The molecule has 1 saturated heterocycles. The van der Waals surface area contributed by atoms with E-state index in [9.17, 15) is 4.79 Å². The van der Waals surface area contributed by atoms with E-state index in [1.165, 1.54) is 17.9 Å². The molecule has 3 heteroatoms. The Kier molecular flexibility index (Phi) is 1.38. The summed E-state index contributed by atoms with van der Waals surface area (Å²) in [5.74, 6) is 7.61. The van der Waals surface area contributed by atoms with Crippen LogP contribution in [0.1, 0.15) is 6.42 Å². The van der Waals surface area contributed by atoms with Gasteiger partial charge < -0.3 is 0 Å². The van der Waals surface area contributed by atoms with E-state index in [1.807, 2.05) is 0 Å². The first-order valence-electron chi connectivity index (χ1n) is 7.99. The summed E-state index contributed by atoms with van der Waals surface area (Å²) in [5.41, 5.74) is 0.146. The zero-order valence-corrected chi connectivity index (χ0v) is 12.8. The standard InChI is InChI=1S/C17H16OS2/c18-14-10-8-7-9-11(10)17(19-5-6-20-17)16-4-2-1-3-15(14,16)12(8)13(9)16/h1-4,8-13H,5-7H2. The molecule has 7 rings (SSSR count). The topological polar surface area (TPSA) is 17.1 Å². The van der Waals surface area contributed by atoms with Crippen LogP contribution in [-0.2, 0) is 4.79 Å². The second-order valence-corrected chi connectivity index (χ2v) is 10.8. The number of hydrogen-bond acceptors (Lipinski definition) is 3. The van der Waals surface area contributed by atoms with E-state index in [2.05, 4.69) is 47.8 Å². The normalized spacial score (nSPS) is 67.5. The summed E-state index contributed by atoms with van der Waals surface area (Å²) >= 11 is 4.48. The Morgan fingerprint density at radius 2 is 1.80 bits per heavy atom. The zero-order chi connectivity index (χ0) is 12.9. The molecule has 20 heavy (non-hydrogen) atoms. The molecule has 102 valence electrons. The highest BCUT2D eigenvalue weighted by molar-refractivity contribution is 8.21. The zero-order valence-electron chi connectivity index (χ0n) is 11.1. The van der Waals surface area contributed by atoms with Gasteiger partial charge in [-0.15, -0.1) is 23.5 Å². The highest BCUT2D eigenvalue weighted by atomic mass is 32.2. The van der Waals surface area contributed by atoms with E-state index in [0.29, 0.717) is 21.7 Å². The number of thioether (sulfide) groups is 2. The molecular formula is C17H16OS2. The first-order valence-corrected chi connectivity index (χ1v) is 9.96. The van der Waals surface area contributed by atoms with Crippen LogP contribution in [0.4, 0.5) is 0 Å². The third-order valence-electron chi connectivity index (χ3n) is 8.17. The number of ketones is 1. The minimum absolute atomic E-state index is 0.0617. The Labute approximate surface area is 127 Å². The molecule has 0 aromatic heterocycles. The molecule has 0 amide bonds. The van der Waals surface area contributed by atoms with Crippen molar-refractivity contribution in [1.29, 1.82) is 0 Å². The van der Waals surface area contributed by atoms with Gasteiger partial charge in [0, 0.05) is 22.8 Å². The van der Waals surface area contributed by atoms with Gasteiger partial charge in [-0.2, -0.15) is 0 Å². The molecule has 0 aromatic rings. The number of hydrogen-bond donors (Lipinski definition) is 0. The molecule has 2 bridgehead atoms. The lowest BCUT2D eigenvalue weighted by atomic mass is 9.38. The van der Waals surface area contributed by atoms with Crippen molar-refractivity contribution in [1.82, 2.24) is 0 Å². The summed E-state index contributed by atoms with van der Waals surface area (Å²) < 4.78 is 0.365. The second-order valence-electron chi connectivity index (χ2n) is 7.85. The summed E-state index contributed by atoms with van der Waals surface area (Å²) in [4.78, 5) is 13.3. The van der Waals surface area contributed by atoms with Crippen LogP contribution in [0.2, 0.25) is 0 Å². The summed E-state index contributed by atoms with van der Waals surface area (Å²) in [6.45, 7) is 0. The Bertz CT molecular complexity index is 660. The molecule has 8 atom stereocenters. The Hall–Kier alpha value is -0.150. The van der Waals surface area contributed by atoms with Crippen molar-refractivity contribution >= 4 is 29.3 Å². The number of Topliss-reactive ketones (excluding diaryl/α,β-unsaturated/α-hetero) is 1. The predicted octanol–water partition coefficient (Wildman–Crippen LogP) is 2.99. The SMILES string of the molecule is O=C1C2C3CC4C2C2(SCCS2)C25C=CC=CC12C3C45. The minimum Gasteiger partial charge on any atom is -0.298 e. The van der Waals surface area contributed by atoms with E-state index in [-0.39, 0.29) is 10.8 Å². The van der Waals surface area contributed by atoms with Crippen molar-refractivity contribution in [3.8, 4) is 0 Å². The lowest BCUT2D eigenvalue weighted by Gasteiger charge is -2.67. The molecule has 1 nitrogen and oxygen atoms in total.